The molecule has 2 amide bonds. The lowest BCUT2D eigenvalue weighted by Crippen LogP contribution is -2.60. The quantitative estimate of drug-likeness (QED) is 0.562. The fraction of sp³-hybridized carbons (Fsp3) is 0.345. The van der Waals surface area contributed by atoms with E-state index in [9.17, 15) is 14.7 Å². The van der Waals surface area contributed by atoms with Gasteiger partial charge in [0, 0.05) is 36.8 Å². The number of ether oxygens (including phenoxy) is 1. The molecule has 1 spiro atoms. The molecule has 3 heterocycles. The van der Waals surface area contributed by atoms with Gasteiger partial charge >= 0.3 is 6.09 Å². The maximum atomic E-state index is 14.4. The summed E-state index contributed by atoms with van der Waals surface area (Å²) in [6.07, 6.45) is 0.869. The first-order valence-electron chi connectivity index (χ1n) is 12.1. The van der Waals surface area contributed by atoms with Crippen LogP contribution in [0.2, 0.25) is 0 Å². The molecule has 1 N–H and O–H groups in total. The van der Waals surface area contributed by atoms with Crippen molar-refractivity contribution in [2.45, 2.75) is 56.9 Å². The van der Waals surface area contributed by atoms with E-state index in [0.717, 1.165) is 11.1 Å². The molecule has 0 saturated carbocycles. The van der Waals surface area contributed by atoms with E-state index in [1.165, 1.54) is 4.90 Å². The average molecular weight is 486 g/mol. The molecule has 7 nitrogen and oxygen atoms in total. The minimum atomic E-state index is -1.90. The predicted octanol–water partition coefficient (Wildman–Crippen LogP) is 4.83. The number of aliphatic hydroxyl groups is 1. The molecule has 5 rings (SSSR count). The summed E-state index contributed by atoms with van der Waals surface area (Å²) in [4.78, 5) is 35.7. The van der Waals surface area contributed by atoms with Gasteiger partial charge in [0.2, 0.25) is 0 Å². The molecular weight excluding hydrogens is 454 g/mol. The monoisotopic (exact) mass is 485 g/mol. The largest absolute Gasteiger partial charge is 0.444 e. The van der Waals surface area contributed by atoms with Crippen LogP contribution in [0.15, 0.2) is 72.9 Å². The summed E-state index contributed by atoms with van der Waals surface area (Å²) in [5, 5.41) is 12.4. The molecule has 3 atom stereocenters. The Hall–Kier alpha value is -3.71. The van der Waals surface area contributed by atoms with Crippen LogP contribution in [-0.2, 0) is 20.8 Å². The highest BCUT2D eigenvalue weighted by Gasteiger charge is 2.72. The number of likely N-dealkylation sites (N-methyl/N-ethyl adjacent to an activating group) is 1. The minimum Gasteiger partial charge on any atom is -0.444 e. The smallest absolute Gasteiger partial charge is 0.414 e. The first-order valence-corrected chi connectivity index (χ1v) is 12.1. The molecule has 1 aromatic heterocycles. The van der Waals surface area contributed by atoms with Crippen molar-refractivity contribution in [3.8, 4) is 0 Å². The number of hydrogen-bond acceptors (Lipinski definition) is 5. The number of fused-ring (bicyclic) bond motifs is 2. The summed E-state index contributed by atoms with van der Waals surface area (Å²) < 4.78 is 5.86. The highest BCUT2D eigenvalue weighted by Crippen LogP contribution is 2.63. The number of carbonyl (C=O) groups excluding carboxylic acids is 2. The van der Waals surface area contributed by atoms with Gasteiger partial charge in [0.25, 0.3) is 5.91 Å². The fourth-order valence-corrected chi connectivity index (χ4v) is 5.76. The second-order valence-electron chi connectivity index (χ2n) is 10.7. The Morgan fingerprint density at radius 2 is 1.81 bits per heavy atom. The molecule has 1 saturated heterocycles. The van der Waals surface area contributed by atoms with Crippen LogP contribution in [0.5, 0.6) is 0 Å². The predicted molar refractivity (Wildman–Crippen MR) is 136 cm³/mol. The van der Waals surface area contributed by atoms with Crippen LogP contribution in [0, 0.1) is 6.92 Å². The van der Waals surface area contributed by atoms with Gasteiger partial charge in [0.1, 0.15) is 5.60 Å². The van der Waals surface area contributed by atoms with Crippen molar-refractivity contribution in [3.05, 3.63) is 95.3 Å². The Morgan fingerprint density at radius 1 is 1.08 bits per heavy atom. The third-order valence-electron chi connectivity index (χ3n) is 7.12. The van der Waals surface area contributed by atoms with Crippen LogP contribution >= 0.6 is 0 Å². The van der Waals surface area contributed by atoms with E-state index in [4.69, 9.17) is 4.74 Å². The SMILES string of the molecule is Cc1cccc(C2CC(O)(c3ccccn3)N(C(=O)OC(C)(C)C)C23C(=O)N(C)c2ccccc23)c1. The number of para-hydroxylation sites is 1. The van der Waals surface area contributed by atoms with Crippen molar-refractivity contribution in [1.82, 2.24) is 9.88 Å². The van der Waals surface area contributed by atoms with Gasteiger partial charge in [-0.1, -0.05) is 54.1 Å². The number of likely N-dealkylation sites (tertiary alicyclic amines) is 1. The molecule has 0 radical (unpaired) electrons. The highest BCUT2D eigenvalue weighted by atomic mass is 16.6. The summed E-state index contributed by atoms with van der Waals surface area (Å²) in [5.74, 6) is -0.858. The molecule has 0 aliphatic carbocycles. The number of rotatable bonds is 2. The van der Waals surface area contributed by atoms with E-state index >= 15 is 0 Å². The van der Waals surface area contributed by atoms with Gasteiger partial charge in [-0.25, -0.2) is 4.79 Å². The number of benzene rings is 2. The van der Waals surface area contributed by atoms with Gasteiger partial charge in [0.15, 0.2) is 11.3 Å². The summed E-state index contributed by atoms with van der Waals surface area (Å²) in [6.45, 7) is 7.28. The number of aryl methyl sites for hydroxylation is 1. The lowest BCUT2D eigenvalue weighted by atomic mass is 9.75. The van der Waals surface area contributed by atoms with Crippen molar-refractivity contribution in [1.29, 1.82) is 0 Å². The number of aromatic nitrogens is 1. The fourth-order valence-electron chi connectivity index (χ4n) is 5.76. The van der Waals surface area contributed by atoms with E-state index in [-0.39, 0.29) is 18.0 Å². The Kier molecular flexibility index (Phi) is 5.45. The molecule has 1 fully saturated rings. The second-order valence-corrected chi connectivity index (χ2v) is 10.7. The van der Waals surface area contributed by atoms with Crippen molar-refractivity contribution in [3.63, 3.8) is 0 Å². The zero-order chi connectivity index (χ0) is 25.9. The van der Waals surface area contributed by atoms with E-state index in [1.54, 1.807) is 57.1 Å². The van der Waals surface area contributed by atoms with Gasteiger partial charge in [-0.2, -0.15) is 0 Å². The Balaban J connectivity index is 1.86. The number of carbonyl (C=O) groups is 2. The van der Waals surface area contributed by atoms with E-state index in [2.05, 4.69) is 4.98 Å². The Morgan fingerprint density at radius 3 is 2.47 bits per heavy atom. The molecular formula is C29H31N3O4. The number of pyridine rings is 1. The van der Waals surface area contributed by atoms with Crippen molar-refractivity contribution < 1.29 is 19.4 Å². The second kappa shape index (κ2) is 8.17. The average Bonchev–Trinajstić information content (AvgIpc) is 3.24. The molecule has 2 aliphatic heterocycles. The van der Waals surface area contributed by atoms with Crippen LogP contribution < -0.4 is 4.90 Å². The number of amides is 2. The normalized spacial score (nSPS) is 25.4. The molecule has 186 valence electrons. The van der Waals surface area contributed by atoms with E-state index < -0.39 is 28.9 Å². The molecule has 3 unspecified atom stereocenters. The number of hydrogen-bond donors (Lipinski definition) is 1. The molecule has 2 aromatic carbocycles. The van der Waals surface area contributed by atoms with E-state index in [0.29, 0.717) is 11.3 Å². The van der Waals surface area contributed by atoms with Crippen LogP contribution in [0.25, 0.3) is 0 Å². The van der Waals surface area contributed by atoms with Crippen molar-refractivity contribution in [2.24, 2.45) is 0 Å². The number of nitrogens with zero attached hydrogens (tertiary/aromatic N) is 3. The van der Waals surface area contributed by atoms with Crippen LogP contribution in [0.1, 0.15) is 55.5 Å². The molecule has 2 aliphatic rings. The summed E-state index contributed by atoms with van der Waals surface area (Å²) in [5.41, 5.74) is -0.774. The zero-order valence-electron chi connectivity index (χ0n) is 21.2. The third-order valence-corrected chi connectivity index (χ3v) is 7.12. The van der Waals surface area contributed by atoms with Crippen LogP contribution in [-0.4, -0.2) is 39.6 Å². The standard InChI is InChI=1S/C29H31N3O4/c1-19-11-10-12-20(17-19)22-18-28(35,24-15-8-9-16-30-24)32(26(34)36-27(2,3)4)29(22)21-13-6-7-14-23(21)31(5)25(29)33/h6-17,22,35H,18H2,1-5H3. The van der Waals surface area contributed by atoms with Gasteiger partial charge in [-0.15, -0.1) is 0 Å². The Bertz CT molecular complexity index is 1340. The topological polar surface area (TPSA) is 83.0 Å². The van der Waals surface area contributed by atoms with Crippen molar-refractivity contribution in [2.75, 3.05) is 11.9 Å². The molecule has 7 heteroatoms. The van der Waals surface area contributed by atoms with Gasteiger partial charge in [-0.3, -0.25) is 14.7 Å². The first-order chi connectivity index (χ1) is 17.0. The third kappa shape index (κ3) is 3.41. The number of anilines is 1. The van der Waals surface area contributed by atoms with E-state index in [1.807, 2.05) is 55.5 Å². The van der Waals surface area contributed by atoms with Gasteiger partial charge in [0.05, 0.1) is 5.69 Å². The molecule has 3 aromatic rings. The van der Waals surface area contributed by atoms with Gasteiger partial charge in [-0.05, 0) is 51.5 Å². The molecule has 0 bridgehead atoms. The lowest BCUT2D eigenvalue weighted by Gasteiger charge is -2.42. The van der Waals surface area contributed by atoms with Gasteiger partial charge < -0.3 is 14.7 Å². The summed E-state index contributed by atoms with van der Waals surface area (Å²) in [6, 6.07) is 20.5. The highest BCUT2D eigenvalue weighted by molar-refractivity contribution is 6.10. The van der Waals surface area contributed by atoms with Crippen LogP contribution in [0.4, 0.5) is 10.5 Å². The zero-order valence-corrected chi connectivity index (χ0v) is 21.2. The summed E-state index contributed by atoms with van der Waals surface area (Å²) in [7, 11) is 1.70. The van der Waals surface area contributed by atoms with Crippen molar-refractivity contribution >= 4 is 17.7 Å². The van der Waals surface area contributed by atoms with Crippen LogP contribution in [0.3, 0.4) is 0 Å². The minimum absolute atomic E-state index is 0.0701. The summed E-state index contributed by atoms with van der Waals surface area (Å²) >= 11 is 0. The maximum absolute atomic E-state index is 14.4. The lowest BCUT2D eigenvalue weighted by molar-refractivity contribution is -0.147. The Labute approximate surface area is 211 Å². The first kappa shape index (κ1) is 24.0. The molecule has 36 heavy (non-hydrogen) atoms. The maximum Gasteiger partial charge on any atom is 0.414 e.